The van der Waals surface area contributed by atoms with Crippen molar-refractivity contribution >= 4 is 74.6 Å². The molecule has 0 fully saturated rings. The zero-order valence-electron chi connectivity index (χ0n) is 36.9. The van der Waals surface area contributed by atoms with Gasteiger partial charge in [0.25, 0.3) is 0 Å². The Balaban J connectivity index is 0.000000184. The van der Waals surface area contributed by atoms with E-state index in [1.54, 1.807) is 59.3 Å². The standard InChI is InChI=1S/C23H27ClN8O2.C23H17ClN6O3S/c1-23(2,13-31(3)4)12-25-19-10-18(27-16-7-5-6-15(24)9-16)29-20-14(11-26-32(19)20)8-17-21(33)30-22(34)28-17;24-16-7-4-8-17(10-16)26-19-11-20(34(33)13-14-5-2-1-3-6-14)30-21(28-19)15(12-25-30)9-18-22(31)29-23(32)27-18/h5-11,27,33H,12-13H2,1-4H3,(H2,28,30,34);1-12,31H,13H2,(H2,27,29,32). The van der Waals surface area contributed by atoms with Crippen molar-refractivity contribution < 1.29 is 14.4 Å². The van der Waals surface area contributed by atoms with Crippen molar-refractivity contribution in [1.29, 1.82) is 0 Å². The van der Waals surface area contributed by atoms with Crippen LogP contribution in [0, 0.1) is 5.41 Å². The molecule has 3 aromatic carbocycles. The van der Waals surface area contributed by atoms with Gasteiger partial charge in [0, 0.05) is 51.4 Å². The van der Waals surface area contributed by atoms with Gasteiger partial charge in [-0.05, 0) is 73.6 Å². The smallest absolute Gasteiger partial charge is 0.326 e. The maximum Gasteiger partial charge on any atom is 0.326 e. The third kappa shape index (κ3) is 11.5. The summed E-state index contributed by atoms with van der Waals surface area (Å²) in [6.07, 6.45) is 6.25. The van der Waals surface area contributed by atoms with Gasteiger partial charge in [-0.3, -0.25) is 19.2 Å². The van der Waals surface area contributed by atoms with E-state index in [0.717, 1.165) is 17.8 Å². The summed E-state index contributed by atoms with van der Waals surface area (Å²) in [4.78, 5) is 53.5. The van der Waals surface area contributed by atoms with E-state index >= 15 is 0 Å². The lowest BCUT2D eigenvalue weighted by molar-refractivity contribution is 0.247. The lowest BCUT2D eigenvalue weighted by Gasteiger charge is -2.26. The molecule has 0 spiro atoms. The molecule has 0 aliphatic heterocycles. The average Bonchev–Trinajstić information content (AvgIpc) is 4.05. The summed E-state index contributed by atoms with van der Waals surface area (Å²) in [6, 6.07) is 27.3. The largest absolute Gasteiger partial charge is 0.493 e. The molecule has 7 N–H and O–H groups in total. The molecule has 1 unspecified atom stereocenters. The Labute approximate surface area is 398 Å². The number of aromatic amines is 4. The van der Waals surface area contributed by atoms with E-state index in [1.165, 1.54) is 16.8 Å². The summed E-state index contributed by atoms with van der Waals surface area (Å²) in [7, 11) is 2.61. The van der Waals surface area contributed by atoms with Crippen molar-refractivity contribution in [3.8, 4) is 11.8 Å². The summed E-state index contributed by atoms with van der Waals surface area (Å²) < 4.78 is 16.5. The number of hydrogen-bond acceptors (Lipinski definition) is 13. The van der Waals surface area contributed by atoms with Gasteiger partial charge in [-0.25, -0.2) is 29.1 Å². The first-order valence-electron chi connectivity index (χ1n) is 20.8. The fourth-order valence-corrected chi connectivity index (χ4v) is 8.77. The predicted octanol–water partition coefficient (Wildman–Crippen LogP) is 4.08. The van der Waals surface area contributed by atoms with E-state index in [2.05, 4.69) is 64.2 Å². The first-order chi connectivity index (χ1) is 32.5. The van der Waals surface area contributed by atoms with E-state index in [9.17, 15) is 24.0 Å². The average molecular weight is 976 g/mol. The normalized spacial score (nSPS) is 13.5. The summed E-state index contributed by atoms with van der Waals surface area (Å²) >= 11 is 12.2. The SMILES string of the molecule is CN(C)CC(C)(C)CN=c1cc(Nc2cccc(Cl)c2)nc2c(=Cc3[nH]c(=O)[nH]c3O)cnn12.O=c1[nH]c(O)c(C=c2cnn3c(S(=O)Cc4ccccc4)cc(=Nc4cccc(Cl)c4)nc23)[nH]1. The van der Waals surface area contributed by atoms with Crippen LogP contribution in [0.4, 0.5) is 17.2 Å². The number of fused-ring (bicyclic) bond motifs is 2. The molecule has 348 valence electrons. The van der Waals surface area contributed by atoms with Crippen LogP contribution in [0.25, 0.3) is 23.4 Å². The fraction of sp³-hybridized carbons (Fsp3) is 0.174. The second kappa shape index (κ2) is 20.1. The van der Waals surface area contributed by atoms with Crippen LogP contribution in [-0.2, 0) is 16.6 Å². The van der Waals surface area contributed by atoms with Crippen molar-refractivity contribution in [2.24, 2.45) is 15.4 Å². The quantitative estimate of drug-likeness (QED) is 0.0859. The Morgan fingerprint density at radius 3 is 2.00 bits per heavy atom. The molecule has 6 heterocycles. The summed E-state index contributed by atoms with van der Waals surface area (Å²) in [5.41, 5.74) is 3.38. The minimum Gasteiger partial charge on any atom is -0.493 e. The number of aromatic nitrogens is 10. The first-order valence-corrected chi connectivity index (χ1v) is 22.9. The van der Waals surface area contributed by atoms with Gasteiger partial charge in [0.15, 0.2) is 22.3 Å². The second-order valence-electron chi connectivity index (χ2n) is 16.5. The van der Waals surface area contributed by atoms with E-state index in [-0.39, 0.29) is 34.3 Å². The number of rotatable bonds is 12. The lowest BCUT2D eigenvalue weighted by atomic mass is 9.93. The van der Waals surface area contributed by atoms with Crippen LogP contribution >= 0.6 is 23.2 Å². The van der Waals surface area contributed by atoms with Crippen molar-refractivity contribution in [2.45, 2.75) is 24.6 Å². The van der Waals surface area contributed by atoms with Crippen LogP contribution in [0.2, 0.25) is 10.0 Å². The summed E-state index contributed by atoms with van der Waals surface area (Å²) in [6.45, 7) is 5.77. The molecule has 6 aromatic heterocycles. The molecule has 0 aliphatic rings. The Morgan fingerprint density at radius 1 is 0.779 bits per heavy atom. The van der Waals surface area contributed by atoms with Crippen LogP contribution in [0.15, 0.2) is 128 Å². The van der Waals surface area contributed by atoms with Crippen molar-refractivity contribution in [2.75, 3.05) is 32.5 Å². The number of nitrogens with zero attached hydrogens (tertiary/aromatic N) is 9. The number of anilines is 2. The molecule has 0 bridgehead atoms. The molecule has 0 saturated carbocycles. The van der Waals surface area contributed by atoms with Crippen LogP contribution in [-0.4, -0.2) is 95.6 Å². The van der Waals surface area contributed by atoms with E-state index in [1.807, 2.05) is 62.6 Å². The van der Waals surface area contributed by atoms with E-state index in [0.29, 0.717) is 65.8 Å². The number of nitrogens with one attached hydrogen (secondary N) is 5. The van der Waals surface area contributed by atoms with Crippen molar-refractivity contribution in [3.63, 3.8) is 0 Å². The number of halogens is 2. The minimum atomic E-state index is -1.47. The Hall–Kier alpha value is -7.65. The van der Waals surface area contributed by atoms with Gasteiger partial charge in [0.2, 0.25) is 11.8 Å². The van der Waals surface area contributed by atoms with E-state index in [4.69, 9.17) is 33.2 Å². The number of aromatic hydroxyl groups is 2. The highest BCUT2D eigenvalue weighted by atomic mass is 35.5. The van der Waals surface area contributed by atoms with Crippen LogP contribution in [0.1, 0.15) is 30.8 Å². The molecule has 9 aromatic rings. The molecule has 1 atom stereocenters. The second-order valence-corrected chi connectivity index (χ2v) is 18.8. The van der Waals surface area contributed by atoms with Gasteiger partial charge in [-0.2, -0.15) is 14.7 Å². The van der Waals surface area contributed by atoms with Gasteiger partial charge in [-0.1, -0.05) is 79.5 Å². The van der Waals surface area contributed by atoms with E-state index < -0.39 is 22.2 Å². The highest BCUT2D eigenvalue weighted by Gasteiger charge is 2.19. The molecule has 68 heavy (non-hydrogen) atoms. The van der Waals surface area contributed by atoms with Crippen molar-refractivity contribution in [3.05, 3.63) is 173 Å². The zero-order chi connectivity index (χ0) is 48.1. The molecule has 19 nitrogen and oxygen atoms in total. The lowest BCUT2D eigenvalue weighted by Crippen LogP contribution is -2.32. The molecule has 9 rings (SSSR count). The number of benzene rings is 3. The molecule has 0 amide bonds. The monoisotopic (exact) mass is 974 g/mol. The number of hydrogen-bond donors (Lipinski definition) is 7. The highest BCUT2D eigenvalue weighted by molar-refractivity contribution is 7.84. The Kier molecular flexibility index (Phi) is 13.8. The third-order valence-corrected chi connectivity index (χ3v) is 11.8. The van der Waals surface area contributed by atoms with Gasteiger partial charge in [-0.15, -0.1) is 0 Å². The van der Waals surface area contributed by atoms with Crippen LogP contribution < -0.4 is 38.1 Å². The molecule has 0 radical (unpaired) electrons. The zero-order valence-corrected chi connectivity index (χ0v) is 39.2. The fourth-order valence-electron chi connectivity index (χ4n) is 7.19. The molecular weight excluding hydrogens is 932 g/mol. The maximum absolute atomic E-state index is 13.4. The molecule has 22 heteroatoms. The molecule has 0 saturated heterocycles. The van der Waals surface area contributed by atoms with Crippen molar-refractivity contribution in [1.82, 2.24) is 54.0 Å². The summed E-state index contributed by atoms with van der Waals surface area (Å²) in [5, 5.41) is 34.6. The maximum atomic E-state index is 13.4. The van der Waals surface area contributed by atoms with Crippen LogP contribution in [0.3, 0.4) is 0 Å². The Bertz CT molecular complexity index is 3690. The molecule has 0 aliphatic carbocycles. The summed E-state index contributed by atoms with van der Waals surface area (Å²) in [5.74, 6) is 0.271. The Morgan fingerprint density at radius 2 is 1.40 bits per heavy atom. The van der Waals surface area contributed by atoms with Crippen LogP contribution in [0.5, 0.6) is 11.8 Å². The molecular formula is C46H44Cl2N14O5S. The van der Waals surface area contributed by atoms with Gasteiger partial charge in [0.05, 0.1) is 34.6 Å². The topological polar surface area (TPSA) is 255 Å². The third-order valence-electron chi connectivity index (χ3n) is 9.94. The minimum absolute atomic E-state index is 0.0574. The van der Waals surface area contributed by atoms with Gasteiger partial charge < -0.3 is 30.4 Å². The predicted molar refractivity (Wildman–Crippen MR) is 260 cm³/mol. The first kappa shape index (κ1) is 46.9. The van der Waals surface area contributed by atoms with Gasteiger partial charge in [0.1, 0.15) is 22.2 Å². The number of H-pyrrole nitrogens is 4. The van der Waals surface area contributed by atoms with Gasteiger partial charge >= 0.3 is 11.4 Å². The number of imidazole rings is 2. The highest BCUT2D eigenvalue weighted by Crippen LogP contribution is 2.21.